The number of anilines is 1. The number of hydrogen-bond donors (Lipinski definition) is 2. The Balaban J connectivity index is 1.87. The Morgan fingerprint density at radius 3 is 2.56 bits per heavy atom. The Kier molecular flexibility index (Phi) is 4.16. The zero-order chi connectivity index (χ0) is 19.6. The number of carbonyl (C=O) groups is 3. The summed E-state index contributed by atoms with van der Waals surface area (Å²) in [5.74, 6) is -0.746. The lowest BCUT2D eigenvalue weighted by Gasteiger charge is -2.33. The molecule has 0 saturated carbocycles. The summed E-state index contributed by atoms with van der Waals surface area (Å²) in [5.41, 5.74) is -0.0684. The number of imide groups is 1. The number of nitrogens with two attached hydrogens (primary N) is 1. The van der Waals surface area contributed by atoms with Crippen LogP contribution in [0.15, 0.2) is 24.3 Å². The molecule has 4 rings (SSSR count). The van der Waals surface area contributed by atoms with Gasteiger partial charge < -0.3 is 10.6 Å². The second-order valence-electron chi connectivity index (χ2n) is 8.67. The summed E-state index contributed by atoms with van der Waals surface area (Å²) in [6.45, 7) is 5.62. The summed E-state index contributed by atoms with van der Waals surface area (Å²) < 4.78 is 0. The summed E-state index contributed by atoms with van der Waals surface area (Å²) in [7, 11) is 0. The first-order valence-corrected chi connectivity index (χ1v) is 10.8. The molecule has 0 radical (unpaired) electrons. The lowest BCUT2D eigenvalue weighted by atomic mass is 9.76. The number of benzene rings is 1. The van der Waals surface area contributed by atoms with E-state index in [1.165, 1.54) is 4.90 Å². The van der Waals surface area contributed by atoms with Crippen molar-refractivity contribution in [3.8, 4) is 0 Å². The first kappa shape index (κ1) is 18.5. The van der Waals surface area contributed by atoms with Gasteiger partial charge in [0.05, 0.1) is 5.69 Å². The number of hydrogen-bond acceptors (Lipinski definition) is 4. The molecule has 3 aliphatic rings. The molecule has 3 aliphatic heterocycles. The number of quaternary nitrogens is 1. The third kappa shape index (κ3) is 2.41. The van der Waals surface area contributed by atoms with Crippen LogP contribution in [0.1, 0.15) is 32.8 Å². The van der Waals surface area contributed by atoms with Crippen LogP contribution < -0.4 is 10.6 Å². The van der Waals surface area contributed by atoms with Crippen molar-refractivity contribution in [2.45, 2.75) is 44.3 Å². The number of nitrogens with zero attached hydrogens (tertiary/aromatic N) is 1. The van der Waals surface area contributed by atoms with Crippen molar-refractivity contribution in [1.29, 1.82) is 0 Å². The lowest BCUT2D eigenvalue weighted by Crippen LogP contribution is -2.99. The predicted molar refractivity (Wildman–Crippen MR) is 104 cm³/mol. The number of nitrogens with one attached hydrogen (secondary N) is 1. The third-order valence-electron chi connectivity index (χ3n) is 6.10. The third-order valence-corrected chi connectivity index (χ3v) is 6.75. The van der Waals surface area contributed by atoms with E-state index in [2.05, 4.69) is 5.32 Å². The molecule has 7 heteroatoms. The normalized spacial score (nSPS) is 32.2. The maximum atomic E-state index is 13.5. The Hall–Kier alpha value is -1.86. The number of para-hydroxylation sites is 1. The van der Waals surface area contributed by atoms with E-state index in [9.17, 15) is 14.4 Å². The lowest BCUT2D eigenvalue weighted by molar-refractivity contribution is -0.733. The van der Waals surface area contributed by atoms with E-state index in [0.717, 1.165) is 23.4 Å². The fourth-order valence-corrected chi connectivity index (χ4v) is 5.61. The Morgan fingerprint density at radius 2 is 1.89 bits per heavy atom. The second kappa shape index (κ2) is 6.07. The van der Waals surface area contributed by atoms with E-state index >= 15 is 0 Å². The average molecular weight is 389 g/mol. The number of likely N-dealkylation sites (tertiary alicyclic amines) is 1. The van der Waals surface area contributed by atoms with Crippen molar-refractivity contribution in [3.05, 3.63) is 29.8 Å². The van der Waals surface area contributed by atoms with E-state index in [1.807, 2.05) is 56.6 Å². The van der Waals surface area contributed by atoms with Gasteiger partial charge in [-0.2, -0.15) is 11.8 Å². The quantitative estimate of drug-likeness (QED) is 0.755. The van der Waals surface area contributed by atoms with Crippen LogP contribution in [-0.4, -0.2) is 46.2 Å². The molecule has 4 atom stereocenters. The molecule has 1 aromatic rings. The standard InChI is InChI=1S/C20H25N3O3S/c1-19(2,3)23-16(24)14-13(9-10-27-4)22-20(15(14)17(23)25)11-7-5-6-8-12(11)21-18(20)26/h5-8,13-15,22H,9-10H2,1-4H3,(H,21,26)/p+1/t13-,14+,15+,20-/m0/s1. The topological polar surface area (TPSA) is 83.1 Å². The van der Waals surface area contributed by atoms with Crippen LogP contribution in [0.25, 0.3) is 0 Å². The summed E-state index contributed by atoms with van der Waals surface area (Å²) in [4.78, 5) is 41.4. The highest BCUT2D eigenvalue weighted by molar-refractivity contribution is 7.98. The first-order chi connectivity index (χ1) is 12.7. The van der Waals surface area contributed by atoms with Gasteiger partial charge in [0.15, 0.2) is 0 Å². The Bertz CT molecular complexity index is 834. The molecule has 144 valence electrons. The zero-order valence-corrected chi connectivity index (χ0v) is 16.9. The molecule has 0 bridgehead atoms. The predicted octanol–water partition coefficient (Wildman–Crippen LogP) is 0.932. The molecule has 1 aromatic carbocycles. The highest BCUT2D eigenvalue weighted by atomic mass is 32.2. The first-order valence-electron chi connectivity index (χ1n) is 9.37. The van der Waals surface area contributed by atoms with Gasteiger partial charge in [-0.15, -0.1) is 0 Å². The van der Waals surface area contributed by atoms with Crippen LogP contribution in [0.2, 0.25) is 0 Å². The number of fused-ring (bicyclic) bond motifs is 4. The van der Waals surface area contributed by atoms with E-state index < -0.39 is 22.9 Å². The molecular weight excluding hydrogens is 362 g/mol. The zero-order valence-electron chi connectivity index (χ0n) is 16.1. The number of rotatable bonds is 3. The van der Waals surface area contributed by atoms with Crippen molar-refractivity contribution >= 4 is 35.2 Å². The molecule has 0 aliphatic carbocycles. The van der Waals surface area contributed by atoms with Crippen molar-refractivity contribution in [2.75, 3.05) is 17.3 Å². The maximum absolute atomic E-state index is 13.5. The fourth-order valence-electron chi connectivity index (χ4n) is 5.10. The molecule has 3 heterocycles. The van der Waals surface area contributed by atoms with Gasteiger partial charge in [-0.25, -0.2) is 0 Å². The van der Waals surface area contributed by atoms with Crippen LogP contribution in [-0.2, 0) is 19.9 Å². The molecule has 3 N–H and O–H groups in total. The SMILES string of the molecule is CSCC[C@@H]1[NH2+][C@]2(C(=O)Nc3ccccc32)[C@H]2C(=O)N(C(C)(C)C)C(=O)[C@H]12. The van der Waals surface area contributed by atoms with Gasteiger partial charge >= 0.3 is 0 Å². The van der Waals surface area contributed by atoms with Gasteiger partial charge in [-0.05, 0) is 38.8 Å². The molecule has 0 unspecified atom stereocenters. The summed E-state index contributed by atoms with van der Waals surface area (Å²) in [5, 5.41) is 4.96. The fraction of sp³-hybridized carbons (Fsp3) is 0.550. The van der Waals surface area contributed by atoms with Gasteiger partial charge in [0.2, 0.25) is 17.4 Å². The van der Waals surface area contributed by atoms with Crippen molar-refractivity contribution < 1.29 is 19.7 Å². The smallest absolute Gasteiger partial charge is 0.291 e. The van der Waals surface area contributed by atoms with Gasteiger partial charge in [-0.3, -0.25) is 19.3 Å². The van der Waals surface area contributed by atoms with E-state index in [4.69, 9.17) is 0 Å². The Morgan fingerprint density at radius 1 is 1.19 bits per heavy atom. The summed E-state index contributed by atoms with van der Waals surface area (Å²) in [6.07, 6.45) is 2.82. The number of amides is 3. The van der Waals surface area contributed by atoms with Gasteiger partial charge in [-0.1, -0.05) is 18.2 Å². The average Bonchev–Trinajstić information content (AvgIpc) is 3.17. The molecule has 27 heavy (non-hydrogen) atoms. The molecule has 2 saturated heterocycles. The van der Waals surface area contributed by atoms with Crippen LogP contribution >= 0.6 is 11.8 Å². The molecule has 2 fully saturated rings. The van der Waals surface area contributed by atoms with Gasteiger partial charge in [0, 0.05) is 17.5 Å². The van der Waals surface area contributed by atoms with Crippen LogP contribution in [0.3, 0.4) is 0 Å². The highest BCUT2D eigenvalue weighted by Crippen LogP contribution is 2.50. The minimum Gasteiger partial charge on any atom is -0.326 e. The minimum absolute atomic E-state index is 0.0804. The number of thioether (sulfide) groups is 1. The van der Waals surface area contributed by atoms with Crippen molar-refractivity contribution in [1.82, 2.24) is 4.90 Å². The van der Waals surface area contributed by atoms with Crippen LogP contribution in [0.5, 0.6) is 0 Å². The molecule has 0 aromatic heterocycles. The minimum atomic E-state index is -1.04. The van der Waals surface area contributed by atoms with Crippen molar-refractivity contribution in [3.63, 3.8) is 0 Å². The maximum Gasteiger partial charge on any atom is 0.291 e. The summed E-state index contributed by atoms with van der Waals surface area (Å²) >= 11 is 1.72. The molecular formula is C20H26N3O3S+. The van der Waals surface area contributed by atoms with E-state index in [1.54, 1.807) is 11.8 Å². The molecule has 1 spiro atoms. The second-order valence-corrected chi connectivity index (χ2v) is 9.65. The van der Waals surface area contributed by atoms with Crippen LogP contribution in [0.4, 0.5) is 5.69 Å². The summed E-state index contributed by atoms with van der Waals surface area (Å²) in [6, 6.07) is 7.46. The molecule has 6 nitrogen and oxygen atoms in total. The van der Waals surface area contributed by atoms with Crippen molar-refractivity contribution in [2.24, 2.45) is 11.8 Å². The van der Waals surface area contributed by atoms with E-state index in [-0.39, 0.29) is 23.8 Å². The number of carbonyl (C=O) groups excluding carboxylic acids is 3. The molecule has 3 amide bonds. The Labute approximate surface area is 163 Å². The van der Waals surface area contributed by atoms with Crippen LogP contribution in [0, 0.1) is 11.8 Å². The highest BCUT2D eigenvalue weighted by Gasteiger charge is 2.74. The monoisotopic (exact) mass is 388 g/mol. The van der Waals surface area contributed by atoms with Gasteiger partial charge in [0.1, 0.15) is 17.9 Å². The van der Waals surface area contributed by atoms with E-state index in [0.29, 0.717) is 0 Å². The van der Waals surface area contributed by atoms with Gasteiger partial charge in [0.25, 0.3) is 5.91 Å². The largest absolute Gasteiger partial charge is 0.326 e.